The summed E-state index contributed by atoms with van der Waals surface area (Å²) in [6, 6.07) is 11.7. The van der Waals surface area contributed by atoms with Crippen LogP contribution in [-0.2, 0) is 26.1 Å². The highest BCUT2D eigenvalue weighted by Crippen LogP contribution is 2.22. The fraction of sp³-hybridized carbons (Fsp3) is 0.300. The molecule has 1 fully saturated rings. The SMILES string of the molecule is CCn1cncc1Cc1c(CN2CCN(c3cccc(OCc4ccc(C#N)cc4F)n3)CC2)nc2ncc(C(=O)O)nn12. The van der Waals surface area contributed by atoms with Crippen LogP contribution in [0.3, 0.4) is 0 Å². The number of hydrogen-bond acceptors (Lipinski definition) is 10. The van der Waals surface area contributed by atoms with E-state index in [-0.39, 0.29) is 17.9 Å². The fourth-order valence-electron chi connectivity index (χ4n) is 5.16. The van der Waals surface area contributed by atoms with Gasteiger partial charge in [-0.2, -0.15) is 19.9 Å². The average molecular weight is 597 g/mol. The molecule has 1 saturated heterocycles. The molecule has 0 spiro atoms. The van der Waals surface area contributed by atoms with E-state index in [1.165, 1.54) is 16.8 Å². The van der Waals surface area contributed by atoms with Crippen LogP contribution in [0.4, 0.5) is 10.2 Å². The minimum atomic E-state index is -1.15. The Morgan fingerprint density at radius 2 is 1.98 bits per heavy atom. The van der Waals surface area contributed by atoms with E-state index in [4.69, 9.17) is 15.0 Å². The van der Waals surface area contributed by atoms with E-state index >= 15 is 0 Å². The lowest BCUT2D eigenvalue weighted by Gasteiger charge is -2.35. The van der Waals surface area contributed by atoms with Gasteiger partial charge in [0, 0.05) is 69.2 Å². The van der Waals surface area contributed by atoms with Crippen molar-refractivity contribution in [2.75, 3.05) is 31.1 Å². The number of anilines is 1. The maximum atomic E-state index is 14.3. The van der Waals surface area contributed by atoms with Crippen molar-refractivity contribution in [3.8, 4) is 11.9 Å². The molecule has 1 aromatic carbocycles. The highest BCUT2D eigenvalue weighted by Gasteiger charge is 2.24. The number of carboxylic acid groups (broad SMARTS) is 1. The molecule has 6 rings (SSSR count). The van der Waals surface area contributed by atoms with Crippen LogP contribution < -0.4 is 9.64 Å². The largest absolute Gasteiger partial charge is 0.476 e. The molecule has 0 unspecified atom stereocenters. The van der Waals surface area contributed by atoms with Gasteiger partial charge in [-0.05, 0) is 25.1 Å². The van der Waals surface area contributed by atoms with Gasteiger partial charge in [0.25, 0.3) is 5.78 Å². The van der Waals surface area contributed by atoms with E-state index in [1.807, 2.05) is 29.7 Å². The average Bonchev–Trinajstić information content (AvgIpc) is 3.64. The van der Waals surface area contributed by atoms with Gasteiger partial charge in [-0.1, -0.05) is 12.1 Å². The lowest BCUT2D eigenvalue weighted by atomic mass is 10.1. The topological polar surface area (TPSA) is 151 Å². The number of benzene rings is 1. The van der Waals surface area contributed by atoms with E-state index in [1.54, 1.807) is 30.7 Å². The molecule has 5 heterocycles. The van der Waals surface area contributed by atoms with Gasteiger partial charge < -0.3 is 19.3 Å². The van der Waals surface area contributed by atoms with Crippen LogP contribution in [0.15, 0.2) is 55.1 Å². The van der Waals surface area contributed by atoms with Crippen LogP contribution in [0.25, 0.3) is 5.78 Å². The van der Waals surface area contributed by atoms with Crippen LogP contribution >= 0.6 is 0 Å². The van der Waals surface area contributed by atoms with E-state index in [0.717, 1.165) is 42.5 Å². The summed E-state index contributed by atoms with van der Waals surface area (Å²) in [6.07, 6.45) is 5.26. The van der Waals surface area contributed by atoms with Crippen molar-refractivity contribution in [1.82, 2.24) is 39.0 Å². The molecule has 1 aliphatic rings. The number of fused-ring (bicyclic) bond motifs is 1. The van der Waals surface area contributed by atoms with E-state index in [2.05, 4.69) is 29.9 Å². The van der Waals surface area contributed by atoms with Gasteiger partial charge in [0.1, 0.15) is 18.2 Å². The van der Waals surface area contributed by atoms with Crippen molar-refractivity contribution >= 4 is 17.6 Å². The summed E-state index contributed by atoms with van der Waals surface area (Å²) in [7, 11) is 0. The summed E-state index contributed by atoms with van der Waals surface area (Å²) >= 11 is 0. The van der Waals surface area contributed by atoms with Crippen molar-refractivity contribution in [1.29, 1.82) is 5.26 Å². The number of hydrogen-bond donors (Lipinski definition) is 1. The predicted octanol–water partition coefficient (Wildman–Crippen LogP) is 2.94. The van der Waals surface area contributed by atoms with Crippen molar-refractivity contribution in [3.05, 3.63) is 94.8 Å². The number of carboxylic acids is 1. The molecule has 224 valence electrons. The molecular formula is C30H29FN10O3. The number of ether oxygens (including phenoxy) is 1. The third kappa shape index (κ3) is 6.04. The second-order valence-corrected chi connectivity index (χ2v) is 10.3. The molecule has 0 bridgehead atoms. The number of aromatic nitrogens is 7. The number of nitrogens with zero attached hydrogens (tertiary/aromatic N) is 10. The maximum absolute atomic E-state index is 14.3. The number of pyridine rings is 1. The zero-order chi connectivity index (χ0) is 30.6. The summed E-state index contributed by atoms with van der Waals surface area (Å²) in [5.74, 6) is -0.147. The van der Waals surface area contributed by atoms with Gasteiger partial charge >= 0.3 is 5.97 Å². The Hall–Kier alpha value is -5.42. The first-order valence-corrected chi connectivity index (χ1v) is 14.1. The Labute approximate surface area is 251 Å². The molecule has 1 aliphatic heterocycles. The number of aromatic carboxylic acids is 1. The van der Waals surface area contributed by atoms with E-state index in [9.17, 15) is 14.3 Å². The van der Waals surface area contributed by atoms with Crippen LogP contribution in [0.5, 0.6) is 5.88 Å². The summed E-state index contributed by atoms with van der Waals surface area (Å²) in [6.45, 7) is 6.24. The van der Waals surface area contributed by atoms with Crippen LogP contribution in [-0.4, -0.2) is 76.3 Å². The molecule has 5 aromatic rings. The van der Waals surface area contributed by atoms with E-state index in [0.29, 0.717) is 43.3 Å². The normalized spacial score (nSPS) is 13.7. The molecule has 14 heteroatoms. The summed E-state index contributed by atoms with van der Waals surface area (Å²) in [5.41, 5.74) is 2.98. The molecule has 13 nitrogen and oxygen atoms in total. The number of piperazine rings is 1. The van der Waals surface area contributed by atoms with Gasteiger partial charge in [-0.3, -0.25) is 4.90 Å². The van der Waals surface area contributed by atoms with Crippen LogP contribution in [0, 0.1) is 17.1 Å². The minimum absolute atomic E-state index is 0.000164. The molecular weight excluding hydrogens is 567 g/mol. The Kier molecular flexibility index (Phi) is 8.11. The number of rotatable bonds is 10. The standard InChI is InChI=1S/C30H29FN10O3/c1-2-39-19-33-15-22(39)13-26-25(35-30-34-16-24(29(42)43)37-41(26)30)17-38-8-10-40(11-9-38)27-4-3-5-28(36-27)44-18-21-7-6-20(14-32)12-23(21)31/h3-7,12,15-16,19H,2,8-11,13,17-18H2,1H3,(H,42,43). The first-order chi connectivity index (χ1) is 21.4. The van der Waals surface area contributed by atoms with Gasteiger partial charge in [-0.15, -0.1) is 0 Å². The minimum Gasteiger partial charge on any atom is -0.476 e. The van der Waals surface area contributed by atoms with Crippen molar-refractivity contribution in [3.63, 3.8) is 0 Å². The van der Waals surface area contributed by atoms with Gasteiger partial charge in [-0.25, -0.2) is 24.1 Å². The van der Waals surface area contributed by atoms with Crippen LogP contribution in [0.2, 0.25) is 0 Å². The Balaban J connectivity index is 1.14. The number of halogens is 1. The monoisotopic (exact) mass is 596 g/mol. The Bertz CT molecular complexity index is 1860. The van der Waals surface area contributed by atoms with Crippen molar-refractivity contribution in [2.45, 2.75) is 33.0 Å². The quantitative estimate of drug-likeness (QED) is 0.253. The van der Waals surface area contributed by atoms with Crippen molar-refractivity contribution in [2.24, 2.45) is 0 Å². The second-order valence-electron chi connectivity index (χ2n) is 10.3. The number of carbonyl (C=O) groups is 1. The van der Waals surface area contributed by atoms with Gasteiger partial charge in [0.05, 0.1) is 35.5 Å². The third-order valence-corrected chi connectivity index (χ3v) is 7.57. The number of nitriles is 1. The molecule has 4 aromatic heterocycles. The molecule has 0 aliphatic carbocycles. The molecule has 44 heavy (non-hydrogen) atoms. The zero-order valence-electron chi connectivity index (χ0n) is 24.0. The summed E-state index contributed by atoms with van der Waals surface area (Å²) in [4.78, 5) is 33.9. The smallest absolute Gasteiger partial charge is 0.357 e. The fourth-order valence-corrected chi connectivity index (χ4v) is 5.16. The molecule has 0 amide bonds. The van der Waals surface area contributed by atoms with E-state index < -0.39 is 11.8 Å². The van der Waals surface area contributed by atoms with Crippen LogP contribution in [0.1, 0.15) is 45.6 Å². The lowest BCUT2D eigenvalue weighted by Crippen LogP contribution is -2.46. The predicted molar refractivity (Wildman–Crippen MR) is 156 cm³/mol. The molecule has 0 saturated carbocycles. The molecule has 0 radical (unpaired) electrons. The highest BCUT2D eigenvalue weighted by atomic mass is 19.1. The van der Waals surface area contributed by atoms with Crippen molar-refractivity contribution < 1.29 is 19.0 Å². The second kappa shape index (κ2) is 12.4. The lowest BCUT2D eigenvalue weighted by molar-refractivity contribution is 0.0688. The molecule has 1 N–H and O–H groups in total. The summed E-state index contributed by atoms with van der Waals surface area (Å²) in [5, 5.41) is 22.7. The first-order valence-electron chi connectivity index (χ1n) is 14.1. The van der Waals surface area contributed by atoms with Gasteiger partial charge in [0.15, 0.2) is 5.69 Å². The zero-order valence-corrected chi connectivity index (χ0v) is 24.0. The maximum Gasteiger partial charge on any atom is 0.357 e. The number of imidazole rings is 2. The van der Waals surface area contributed by atoms with Gasteiger partial charge in [0.2, 0.25) is 5.88 Å². The molecule has 0 atom stereocenters. The first kappa shape index (κ1) is 28.7. The highest BCUT2D eigenvalue weighted by molar-refractivity contribution is 5.84. The Morgan fingerprint density at radius 3 is 2.73 bits per heavy atom. The Morgan fingerprint density at radius 1 is 1.14 bits per heavy atom. The third-order valence-electron chi connectivity index (χ3n) is 7.57. The number of aryl methyl sites for hydroxylation is 1. The summed E-state index contributed by atoms with van der Waals surface area (Å²) < 4.78 is 23.6.